The molecule has 0 heterocycles. The molecule has 1 fully saturated rings. The SMILES string of the molecule is O=CCC(c1ccccc1F)C1CCCCC1. The third kappa shape index (κ3) is 2.93. The zero-order chi connectivity index (χ0) is 12.1. The third-order valence-corrected chi connectivity index (χ3v) is 3.87. The van der Waals surface area contributed by atoms with Gasteiger partial charge in [-0.05, 0) is 36.3 Å². The summed E-state index contributed by atoms with van der Waals surface area (Å²) in [6.45, 7) is 0. The quantitative estimate of drug-likeness (QED) is 0.717. The van der Waals surface area contributed by atoms with Gasteiger partial charge in [-0.2, -0.15) is 0 Å². The molecule has 0 aromatic heterocycles. The maximum Gasteiger partial charge on any atom is 0.126 e. The number of carbonyl (C=O) groups is 1. The van der Waals surface area contributed by atoms with Crippen molar-refractivity contribution in [2.45, 2.75) is 44.4 Å². The Balaban J connectivity index is 2.21. The maximum absolute atomic E-state index is 13.8. The van der Waals surface area contributed by atoms with E-state index in [1.165, 1.54) is 25.3 Å². The lowest BCUT2D eigenvalue weighted by atomic mass is 9.75. The predicted molar refractivity (Wildman–Crippen MR) is 66.4 cm³/mol. The number of hydrogen-bond acceptors (Lipinski definition) is 1. The third-order valence-electron chi connectivity index (χ3n) is 3.87. The molecule has 0 saturated heterocycles. The fourth-order valence-electron chi connectivity index (χ4n) is 2.99. The summed E-state index contributed by atoms with van der Waals surface area (Å²) in [4.78, 5) is 10.8. The molecule has 0 spiro atoms. The van der Waals surface area contributed by atoms with Crippen LogP contribution in [0.4, 0.5) is 4.39 Å². The molecule has 17 heavy (non-hydrogen) atoms. The molecule has 1 saturated carbocycles. The van der Waals surface area contributed by atoms with E-state index in [2.05, 4.69) is 0 Å². The normalized spacial score (nSPS) is 18.9. The highest BCUT2D eigenvalue weighted by atomic mass is 19.1. The standard InChI is InChI=1S/C15H19FO/c16-15-9-5-4-8-14(15)13(10-11-17)12-6-2-1-3-7-12/h4-5,8-9,11-13H,1-3,6-7,10H2. The minimum absolute atomic E-state index is 0.0778. The fraction of sp³-hybridized carbons (Fsp3) is 0.533. The Morgan fingerprint density at radius 2 is 1.94 bits per heavy atom. The van der Waals surface area contributed by atoms with Crippen LogP contribution < -0.4 is 0 Å². The number of halogens is 1. The lowest BCUT2D eigenvalue weighted by Crippen LogP contribution is -2.18. The van der Waals surface area contributed by atoms with Crippen molar-refractivity contribution in [3.63, 3.8) is 0 Å². The first-order valence-electron chi connectivity index (χ1n) is 6.51. The molecule has 1 aliphatic carbocycles. The summed E-state index contributed by atoms with van der Waals surface area (Å²) in [5.41, 5.74) is 0.728. The van der Waals surface area contributed by atoms with Crippen LogP contribution in [0.15, 0.2) is 24.3 Å². The van der Waals surface area contributed by atoms with Crippen LogP contribution in [0.5, 0.6) is 0 Å². The Bertz CT molecular complexity index is 369. The van der Waals surface area contributed by atoms with Crippen molar-refractivity contribution in [1.29, 1.82) is 0 Å². The van der Waals surface area contributed by atoms with E-state index in [4.69, 9.17) is 0 Å². The summed E-state index contributed by atoms with van der Waals surface area (Å²) in [5, 5.41) is 0. The molecule has 0 radical (unpaired) electrons. The van der Waals surface area contributed by atoms with E-state index in [9.17, 15) is 9.18 Å². The highest BCUT2D eigenvalue weighted by Crippen LogP contribution is 2.38. The predicted octanol–water partition coefficient (Wildman–Crippen LogP) is 4.08. The van der Waals surface area contributed by atoms with Gasteiger partial charge in [0, 0.05) is 6.42 Å². The number of benzene rings is 1. The minimum Gasteiger partial charge on any atom is -0.303 e. The summed E-state index contributed by atoms with van der Waals surface area (Å²) in [6.07, 6.45) is 7.36. The van der Waals surface area contributed by atoms with Crippen molar-refractivity contribution in [2.24, 2.45) is 5.92 Å². The molecule has 1 atom stereocenters. The van der Waals surface area contributed by atoms with Gasteiger partial charge in [-0.25, -0.2) is 4.39 Å². The summed E-state index contributed by atoms with van der Waals surface area (Å²) in [5.74, 6) is 0.393. The molecule has 1 aliphatic rings. The molecular weight excluding hydrogens is 215 g/mol. The topological polar surface area (TPSA) is 17.1 Å². The zero-order valence-corrected chi connectivity index (χ0v) is 10.1. The summed E-state index contributed by atoms with van der Waals surface area (Å²) < 4.78 is 13.8. The van der Waals surface area contributed by atoms with Gasteiger partial charge in [-0.3, -0.25) is 0 Å². The number of hydrogen-bond donors (Lipinski definition) is 0. The molecule has 1 aromatic carbocycles. The van der Waals surface area contributed by atoms with Crippen LogP contribution in [0.2, 0.25) is 0 Å². The van der Waals surface area contributed by atoms with Gasteiger partial charge >= 0.3 is 0 Å². The molecule has 1 aromatic rings. The van der Waals surface area contributed by atoms with Gasteiger partial charge in [0.1, 0.15) is 12.1 Å². The van der Waals surface area contributed by atoms with E-state index in [0.717, 1.165) is 24.7 Å². The molecule has 1 unspecified atom stereocenters. The molecule has 2 heteroatoms. The average molecular weight is 234 g/mol. The lowest BCUT2D eigenvalue weighted by molar-refractivity contribution is -0.108. The Morgan fingerprint density at radius 3 is 2.59 bits per heavy atom. The highest BCUT2D eigenvalue weighted by Gasteiger charge is 2.26. The summed E-state index contributed by atoms with van der Waals surface area (Å²) in [6, 6.07) is 6.89. The van der Waals surface area contributed by atoms with E-state index < -0.39 is 0 Å². The van der Waals surface area contributed by atoms with Gasteiger partial charge in [-0.1, -0.05) is 37.5 Å². The van der Waals surface area contributed by atoms with E-state index in [-0.39, 0.29) is 11.7 Å². The Hall–Kier alpha value is -1.18. The minimum atomic E-state index is -0.162. The van der Waals surface area contributed by atoms with E-state index in [1.54, 1.807) is 6.07 Å². The van der Waals surface area contributed by atoms with Crippen LogP contribution in [0.25, 0.3) is 0 Å². The second kappa shape index (κ2) is 5.95. The van der Waals surface area contributed by atoms with Crippen LogP contribution >= 0.6 is 0 Å². The average Bonchev–Trinajstić information content (AvgIpc) is 2.38. The molecule has 0 aliphatic heterocycles. The fourth-order valence-corrected chi connectivity index (χ4v) is 2.99. The molecule has 2 rings (SSSR count). The maximum atomic E-state index is 13.8. The molecular formula is C15H19FO. The molecule has 0 bridgehead atoms. The zero-order valence-electron chi connectivity index (χ0n) is 10.1. The Labute approximate surface area is 102 Å². The van der Waals surface area contributed by atoms with Crippen LogP contribution in [0, 0.1) is 11.7 Å². The van der Waals surface area contributed by atoms with E-state index >= 15 is 0 Å². The van der Waals surface area contributed by atoms with E-state index in [1.807, 2.05) is 12.1 Å². The van der Waals surface area contributed by atoms with E-state index in [0.29, 0.717) is 12.3 Å². The van der Waals surface area contributed by atoms with Gasteiger partial charge in [-0.15, -0.1) is 0 Å². The monoisotopic (exact) mass is 234 g/mol. The second-order valence-electron chi connectivity index (χ2n) is 4.93. The molecule has 0 N–H and O–H groups in total. The van der Waals surface area contributed by atoms with Crippen molar-refractivity contribution in [2.75, 3.05) is 0 Å². The molecule has 1 nitrogen and oxygen atoms in total. The second-order valence-corrected chi connectivity index (χ2v) is 4.93. The van der Waals surface area contributed by atoms with Crippen LogP contribution in [-0.2, 0) is 4.79 Å². The van der Waals surface area contributed by atoms with Crippen molar-refractivity contribution in [1.82, 2.24) is 0 Å². The van der Waals surface area contributed by atoms with Gasteiger partial charge in [0.25, 0.3) is 0 Å². The van der Waals surface area contributed by atoms with Gasteiger partial charge in [0.15, 0.2) is 0 Å². The van der Waals surface area contributed by atoms with Gasteiger partial charge < -0.3 is 4.79 Å². The largest absolute Gasteiger partial charge is 0.303 e. The van der Waals surface area contributed by atoms with Gasteiger partial charge in [0.05, 0.1) is 0 Å². The Morgan fingerprint density at radius 1 is 1.24 bits per heavy atom. The molecule has 0 amide bonds. The lowest BCUT2D eigenvalue weighted by Gasteiger charge is -2.29. The van der Waals surface area contributed by atoms with Crippen molar-refractivity contribution >= 4 is 6.29 Å². The van der Waals surface area contributed by atoms with Crippen LogP contribution in [0.1, 0.15) is 50.0 Å². The first-order valence-corrected chi connectivity index (χ1v) is 6.51. The number of carbonyl (C=O) groups excluding carboxylic acids is 1. The van der Waals surface area contributed by atoms with Gasteiger partial charge in [0.2, 0.25) is 0 Å². The highest BCUT2D eigenvalue weighted by molar-refractivity contribution is 5.52. The number of rotatable bonds is 4. The smallest absolute Gasteiger partial charge is 0.126 e. The van der Waals surface area contributed by atoms with Crippen molar-refractivity contribution in [3.8, 4) is 0 Å². The van der Waals surface area contributed by atoms with Crippen LogP contribution in [-0.4, -0.2) is 6.29 Å². The summed E-state index contributed by atoms with van der Waals surface area (Å²) in [7, 11) is 0. The number of aldehydes is 1. The molecule has 92 valence electrons. The van der Waals surface area contributed by atoms with Crippen molar-refractivity contribution in [3.05, 3.63) is 35.6 Å². The van der Waals surface area contributed by atoms with Crippen molar-refractivity contribution < 1.29 is 9.18 Å². The van der Waals surface area contributed by atoms with Crippen LogP contribution in [0.3, 0.4) is 0 Å². The first kappa shape index (κ1) is 12.3. The Kier molecular flexibility index (Phi) is 4.29. The summed E-state index contributed by atoms with van der Waals surface area (Å²) >= 11 is 0. The first-order chi connectivity index (χ1) is 8.33.